The van der Waals surface area contributed by atoms with Crippen LogP contribution in [0.25, 0.3) is 0 Å². The highest BCUT2D eigenvalue weighted by Gasteiger charge is 2.29. The predicted molar refractivity (Wildman–Crippen MR) is 33.6 cm³/mol. The lowest BCUT2D eigenvalue weighted by Crippen LogP contribution is -1.88. The number of aliphatic hydroxyl groups is 1. The molecule has 0 aliphatic heterocycles. The van der Waals surface area contributed by atoms with Crippen molar-refractivity contribution < 1.29 is 5.11 Å². The first-order valence-electron chi connectivity index (χ1n) is 3.11. The van der Waals surface area contributed by atoms with Gasteiger partial charge in [-0.2, -0.15) is 0 Å². The fourth-order valence-electron chi connectivity index (χ4n) is 1.23. The second-order valence-electron chi connectivity index (χ2n) is 2.30. The zero-order valence-corrected chi connectivity index (χ0v) is 5.44. The van der Waals surface area contributed by atoms with Crippen molar-refractivity contribution >= 4 is 0 Å². The topological polar surface area (TPSA) is 20.2 Å². The van der Waals surface area contributed by atoms with Gasteiger partial charge in [-0.3, -0.25) is 0 Å². The molecule has 0 saturated heterocycles. The summed E-state index contributed by atoms with van der Waals surface area (Å²) >= 11 is 0. The summed E-state index contributed by atoms with van der Waals surface area (Å²) in [6.45, 7) is 4.56. The molecule has 0 bridgehead atoms. The van der Waals surface area contributed by atoms with Gasteiger partial charge in [-0.05, 0) is 13.3 Å². The smallest absolute Gasteiger partial charge is 0.0533 e. The minimum Gasteiger partial charge on any atom is -0.395 e. The molecule has 1 N–H and O–H groups in total. The Kier molecular flexibility index (Phi) is 1.39. The van der Waals surface area contributed by atoms with E-state index in [4.69, 9.17) is 5.11 Å². The van der Waals surface area contributed by atoms with Gasteiger partial charge >= 0.3 is 0 Å². The normalized spacial score (nSPS) is 26.6. The van der Waals surface area contributed by atoms with Crippen molar-refractivity contribution in [3.8, 4) is 0 Å². The van der Waals surface area contributed by atoms with E-state index in [9.17, 15) is 0 Å². The fourth-order valence-corrected chi connectivity index (χ4v) is 1.23. The molecule has 0 fully saturated rings. The van der Waals surface area contributed by atoms with Crippen LogP contribution in [0.5, 0.6) is 0 Å². The molecule has 1 aliphatic carbocycles. The van der Waals surface area contributed by atoms with E-state index in [1.54, 1.807) is 0 Å². The van der Waals surface area contributed by atoms with Crippen LogP contribution in [0.2, 0.25) is 0 Å². The van der Waals surface area contributed by atoms with E-state index in [1.165, 1.54) is 11.1 Å². The highest BCUT2D eigenvalue weighted by atomic mass is 16.3. The molecule has 8 heavy (non-hydrogen) atoms. The fraction of sp³-hybridized carbons (Fsp3) is 0.714. The maximum Gasteiger partial charge on any atom is 0.0533 e. The van der Waals surface area contributed by atoms with Crippen LogP contribution in [0.3, 0.4) is 0 Å². The Morgan fingerprint density at radius 2 is 2.25 bits per heavy atom. The quantitative estimate of drug-likeness (QED) is 0.534. The third kappa shape index (κ3) is 0.671. The lowest BCUT2D eigenvalue weighted by molar-refractivity contribution is 0.280. The Labute approximate surface area is 50.0 Å². The van der Waals surface area contributed by atoms with Gasteiger partial charge in [0.15, 0.2) is 0 Å². The summed E-state index contributed by atoms with van der Waals surface area (Å²) in [5.74, 6) is 0.472. The lowest BCUT2D eigenvalue weighted by atomic mass is 10.2. The van der Waals surface area contributed by atoms with E-state index in [0.29, 0.717) is 12.5 Å². The van der Waals surface area contributed by atoms with Crippen molar-refractivity contribution in [3.05, 3.63) is 11.1 Å². The molecule has 1 heteroatoms. The van der Waals surface area contributed by atoms with E-state index in [-0.39, 0.29) is 0 Å². The summed E-state index contributed by atoms with van der Waals surface area (Å²) in [7, 11) is 0. The number of hydrogen-bond acceptors (Lipinski definition) is 1. The van der Waals surface area contributed by atoms with E-state index in [0.717, 1.165) is 6.42 Å². The number of hydrogen-bond donors (Lipinski definition) is 1. The highest BCUT2D eigenvalue weighted by Crippen LogP contribution is 2.40. The SMILES string of the molecule is CCC1=C(C)[C@H]1CO. The Bertz CT molecular complexity index is 124. The maximum absolute atomic E-state index is 8.64. The van der Waals surface area contributed by atoms with Crippen molar-refractivity contribution in [1.29, 1.82) is 0 Å². The third-order valence-corrected chi connectivity index (χ3v) is 1.93. The first-order chi connectivity index (χ1) is 3.81. The van der Waals surface area contributed by atoms with Gasteiger partial charge in [0.05, 0.1) is 6.61 Å². The van der Waals surface area contributed by atoms with Crippen LogP contribution in [-0.4, -0.2) is 11.7 Å². The van der Waals surface area contributed by atoms with Crippen LogP contribution in [0, 0.1) is 5.92 Å². The summed E-state index contributed by atoms with van der Waals surface area (Å²) in [5, 5.41) is 8.64. The first-order valence-corrected chi connectivity index (χ1v) is 3.11. The maximum atomic E-state index is 8.64. The van der Waals surface area contributed by atoms with Crippen LogP contribution >= 0.6 is 0 Å². The third-order valence-electron chi connectivity index (χ3n) is 1.93. The van der Waals surface area contributed by atoms with Crippen LogP contribution in [0.4, 0.5) is 0 Å². The summed E-state index contributed by atoms with van der Waals surface area (Å²) in [6, 6.07) is 0. The van der Waals surface area contributed by atoms with Gasteiger partial charge in [-0.25, -0.2) is 0 Å². The zero-order valence-electron chi connectivity index (χ0n) is 5.44. The summed E-state index contributed by atoms with van der Waals surface area (Å²) in [5.41, 5.74) is 2.88. The standard InChI is InChI=1S/C7H12O/c1-3-6-5(2)7(6)4-8/h7-8H,3-4H2,1-2H3/t7-/m1/s1. The van der Waals surface area contributed by atoms with Crippen molar-refractivity contribution in [3.63, 3.8) is 0 Å². The molecular weight excluding hydrogens is 100 g/mol. The molecule has 0 aromatic heterocycles. The minimum atomic E-state index is 0.328. The van der Waals surface area contributed by atoms with Gasteiger partial charge in [0.1, 0.15) is 0 Å². The average Bonchev–Trinajstić information content (AvgIpc) is 2.40. The van der Waals surface area contributed by atoms with E-state index < -0.39 is 0 Å². The molecule has 1 atom stereocenters. The Morgan fingerprint density at radius 1 is 1.62 bits per heavy atom. The van der Waals surface area contributed by atoms with E-state index in [2.05, 4.69) is 13.8 Å². The molecular formula is C7H12O. The van der Waals surface area contributed by atoms with Crippen LogP contribution in [0.15, 0.2) is 11.1 Å². The second kappa shape index (κ2) is 1.90. The summed E-state index contributed by atoms with van der Waals surface area (Å²) < 4.78 is 0. The van der Waals surface area contributed by atoms with E-state index in [1.807, 2.05) is 0 Å². The number of rotatable bonds is 2. The molecule has 0 saturated carbocycles. The molecule has 0 aromatic carbocycles. The Balaban J connectivity index is 2.36. The van der Waals surface area contributed by atoms with Crippen LogP contribution in [0.1, 0.15) is 20.3 Å². The van der Waals surface area contributed by atoms with Gasteiger partial charge < -0.3 is 5.11 Å². The predicted octanol–water partition coefficient (Wildman–Crippen LogP) is 1.33. The van der Waals surface area contributed by atoms with Gasteiger partial charge in [-0.1, -0.05) is 18.1 Å². The summed E-state index contributed by atoms with van der Waals surface area (Å²) in [6.07, 6.45) is 1.12. The van der Waals surface area contributed by atoms with Gasteiger partial charge in [0.25, 0.3) is 0 Å². The zero-order chi connectivity index (χ0) is 6.15. The molecule has 0 unspecified atom stereocenters. The van der Waals surface area contributed by atoms with Crippen molar-refractivity contribution in [2.45, 2.75) is 20.3 Å². The van der Waals surface area contributed by atoms with Crippen molar-refractivity contribution in [2.24, 2.45) is 5.92 Å². The van der Waals surface area contributed by atoms with Crippen molar-refractivity contribution in [1.82, 2.24) is 0 Å². The molecule has 0 amide bonds. The molecule has 1 aliphatic rings. The van der Waals surface area contributed by atoms with Gasteiger partial charge in [-0.15, -0.1) is 0 Å². The minimum absolute atomic E-state index is 0.328. The van der Waals surface area contributed by atoms with Crippen LogP contribution in [-0.2, 0) is 0 Å². The number of aliphatic hydroxyl groups excluding tert-OH is 1. The van der Waals surface area contributed by atoms with Gasteiger partial charge in [0.2, 0.25) is 0 Å². The summed E-state index contributed by atoms with van der Waals surface area (Å²) in [4.78, 5) is 0. The molecule has 1 nitrogen and oxygen atoms in total. The van der Waals surface area contributed by atoms with Gasteiger partial charge in [0, 0.05) is 5.92 Å². The highest BCUT2D eigenvalue weighted by molar-refractivity contribution is 5.38. The van der Waals surface area contributed by atoms with E-state index >= 15 is 0 Å². The molecule has 0 heterocycles. The van der Waals surface area contributed by atoms with Crippen LogP contribution < -0.4 is 0 Å². The molecule has 0 spiro atoms. The Morgan fingerprint density at radius 3 is 2.38 bits per heavy atom. The average molecular weight is 112 g/mol. The van der Waals surface area contributed by atoms with Crippen molar-refractivity contribution in [2.75, 3.05) is 6.61 Å². The molecule has 0 radical (unpaired) electrons. The first kappa shape index (κ1) is 5.83. The molecule has 46 valence electrons. The monoisotopic (exact) mass is 112 g/mol. The Hall–Kier alpha value is -0.300. The lowest BCUT2D eigenvalue weighted by Gasteiger charge is -1.87. The second-order valence-corrected chi connectivity index (χ2v) is 2.30. The molecule has 0 aromatic rings. The molecule has 1 rings (SSSR count). The largest absolute Gasteiger partial charge is 0.395 e.